The first-order valence-electron chi connectivity index (χ1n) is 20.0. The fourth-order valence-electron chi connectivity index (χ4n) is 9.93. The lowest BCUT2D eigenvalue weighted by Crippen LogP contribution is -2.74. The SMILES string of the molecule is CC1(C)[C@H](NC(=O)c2ccc(N3CC[C@@H](C(=O)N4CCN(c5ccc6c(c5)C(=O)N(C5CCC(=O)NC5=O)C6=O)CC4)C3)cc2)C(C)(C)[C@H]1Oc1ccc(C#N)c(Cl)c1. The Kier molecular flexibility index (Phi) is 10.1. The Morgan fingerprint density at radius 3 is 2.17 bits per heavy atom. The van der Waals surface area contributed by atoms with E-state index in [4.69, 9.17) is 16.3 Å². The molecule has 0 spiro atoms. The van der Waals surface area contributed by atoms with Crippen molar-refractivity contribution in [2.45, 2.75) is 65.1 Å². The highest BCUT2D eigenvalue weighted by atomic mass is 35.5. The molecule has 3 aromatic rings. The van der Waals surface area contributed by atoms with E-state index in [2.05, 4.69) is 54.2 Å². The normalized spacial score (nSPS) is 24.6. The van der Waals surface area contributed by atoms with Gasteiger partial charge in [-0.25, -0.2) is 0 Å². The van der Waals surface area contributed by atoms with Crippen LogP contribution in [0, 0.1) is 28.1 Å². The molecule has 1 saturated carbocycles. The number of ether oxygens (including phenoxy) is 1. The monoisotopic (exact) mass is 819 g/mol. The highest BCUT2D eigenvalue weighted by Gasteiger charge is 2.64. The van der Waals surface area contributed by atoms with Gasteiger partial charge in [0, 0.05) is 85.6 Å². The number of carbonyl (C=O) groups excluding carboxylic acids is 6. The number of carbonyl (C=O) groups is 6. The second kappa shape index (κ2) is 15.0. The molecule has 3 aromatic carbocycles. The zero-order chi connectivity index (χ0) is 42.0. The van der Waals surface area contributed by atoms with Gasteiger partial charge in [0.2, 0.25) is 17.7 Å². The van der Waals surface area contributed by atoms with Crippen LogP contribution in [0.2, 0.25) is 5.02 Å². The van der Waals surface area contributed by atoms with Crippen molar-refractivity contribution in [3.8, 4) is 11.8 Å². The summed E-state index contributed by atoms with van der Waals surface area (Å²) >= 11 is 6.24. The van der Waals surface area contributed by atoms with Crippen molar-refractivity contribution in [1.82, 2.24) is 20.4 Å². The molecular weight excluding hydrogens is 774 g/mol. The van der Waals surface area contributed by atoms with E-state index >= 15 is 0 Å². The van der Waals surface area contributed by atoms with E-state index in [1.807, 2.05) is 29.2 Å². The van der Waals surface area contributed by atoms with Crippen LogP contribution in [0.1, 0.15) is 83.6 Å². The molecule has 6 amide bonds. The summed E-state index contributed by atoms with van der Waals surface area (Å²) in [4.78, 5) is 84.9. The number of imide groups is 2. The lowest BCUT2D eigenvalue weighted by molar-refractivity contribution is -0.164. The number of piperidine rings is 1. The number of anilines is 2. The third kappa shape index (κ3) is 7.05. The van der Waals surface area contributed by atoms with Gasteiger partial charge >= 0.3 is 0 Å². The first-order valence-corrected chi connectivity index (χ1v) is 20.4. The minimum absolute atomic E-state index is 0.0580. The van der Waals surface area contributed by atoms with E-state index in [1.54, 1.807) is 36.4 Å². The molecule has 306 valence electrons. The number of rotatable bonds is 8. The molecular formula is C44H46ClN7O7. The smallest absolute Gasteiger partial charge is 0.262 e. The zero-order valence-corrected chi connectivity index (χ0v) is 34.2. The van der Waals surface area contributed by atoms with Gasteiger partial charge in [-0.05, 0) is 67.4 Å². The standard InChI is InChI=1S/C44H46ClN7O7/c1-43(2)41(44(3,4)42(43)59-30-11-7-26(23-46)33(45)22-30)48-36(54)25-5-8-28(9-6-25)51-16-15-27(24-51)38(56)50-19-17-49(18-20-50)29-10-12-31-32(21-29)40(58)52(39(31)57)34-13-14-35(53)47-37(34)55/h5-12,21-22,27,34,41-42H,13-20,24H2,1-4H3,(H,48,54)(H,47,53,55)/t27-,34?,41-,42-/m1/s1. The summed E-state index contributed by atoms with van der Waals surface area (Å²) in [5.41, 5.74) is 2.31. The molecule has 8 rings (SSSR count). The number of nitrogens with one attached hydrogen (secondary N) is 2. The second-order valence-corrected chi connectivity index (χ2v) is 17.7. The summed E-state index contributed by atoms with van der Waals surface area (Å²) in [5.74, 6) is -1.81. The topological polar surface area (TPSA) is 172 Å². The Balaban J connectivity index is 0.826. The number of benzene rings is 3. The maximum absolute atomic E-state index is 13.7. The van der Waals surface area contributed by atoms with Crippen molar-refractivity contribution < 1.29 is 33.5 Å². The molecule has 4 heterocycles. The van der Waals surface area contributed by atoms with Gasteiger partial charge in [-0.3, -0.25) is 39.0 Å². The Labute approximate surface area is 347 Å². The summed E-state index contributed by atoms with van der Waals surface area (Å²) in [6.45, 7) is 11.7. The minimum atomic E-state index is -1.02. The van der Waals surface area contributed by atoms with Crippen molar-refractivity contribution >= 4 is 58.4 Å². The van der Waals surface area contributed by atoms with Gasteiger partial charge in [-0.2, -0.15) is 5.26 Å². The van der Waals surface area contributed by atoms with E-state index in [0.717, 1.165) is 29.2 Å². The number of piperazine rings is 1. The van der Waals surface area contributed by atoms with E-state index in [0.29, 0.717) is 54.6 Å². The van der Waals surface area contributed by atoms with Crippen LogP contribution < -0.4 is 25.2 Å². The number of hydrogen-bond acceptors (Lipinski definition) is 10. The largest absolute Gasteiger partial charge is 0.489 e. The predicted molar refractivity (Wildman–Crippen MR) is 218 cm³/mol. The average molecular weight is 820 g/mol. The van der Waals surface area contributed by atoms with Gasteiger partial charge in [0.1, 0.15) is 24.0 Å². The van der Waals surface area contributed by atoms with Crippen LogP contribution in [-0.4, -0.2) is 103 Å². The third-order valence-corrected chi connectivity index (χ3v) is 13.2. The fraction of sp³-hybridized carbons (Fsp3) is 0.432. The molecule has 0 radical (unpaired) electrons. The number of nitriles is 1. The molecule has 0 aromatic heterocycles. The molecule has 1 unspecified atom stereocenters. The van der Waals surface area contributed by atoms with E-state index in [1.165, 1.54) is 0 Å². The van der Waals surface area contributed by atoms with Crippen molar-refractivity contribution in [2.75, 3.05) is 49.1 Å². The Bertz CT molecular complexity index is 2300. The summed E-state index contributed by atoms with van der Waals surface area (Å²) in [6.07, 6.45) is 0.658. The van der Waals surface area contributed by atoms with Crippen LogP contribution >= 0.6 is 11.6 Å². The van der Waals surface area contributed by atoms with Crippen molar-refractivity contribution in [3.05, 3.63) is 87.9 Å². The molecule has 2 N–H and O–H groups in total. The highest BCUT2D eigenvalue weighted by molar-refractivity contribution is 6.31. The van der Waals surface area contributed by atoms with E-state index in [9.17, 15) is 34.0 Å². The van der Waals surface area contributed by atoms with E-state index in [-0.39, 0.29) is 53.8 Å². The summed E-state index contributed by atoms with van der Waals surface area (Å²) in [6, 6.07) is 18.5. The molecule has 3 saturated heterocycles. The first kappa shape index (κ1) is 39.9. The Morgan fingerprint density at radius 1 is 0.831 bits per heavy atom. The van der Waals surface area contributed by atoms with Gasteiger partial charge in [0.15, 0.2) is 0 Å². The summed E-state index contributed by atoms with van der Waals surface area (Å²) in [7, 11) is 0. The first-order chi connectivity index (χ1) is 28.1. The average Bonchev–Trinajstić information content (AvgIpc) is 3.81. The molecule has 4 aliphatic heterocycles. The van der Waals surface area contributed by atoms with Gasteiger partial charge in [0.25, 0.3) is 17.7 Å². The fourth-order valence-corrected chi connectivity index (χ4v) is 10.1. The van der Waals surface area contributed by atoms with E-state index < -0.39 is 40.5 Å². The quantitative estimate of drug-likeness (QED) is 0.311. The molecule has 15 heteroatoms. The van der Waals surface area contributed by atoms with Crippen LogP contribution in [0.25, 0.3) is 0 Å². The molecule has 5 aliphatic rings. The number of fused-ring (bicyclic) bond motifs is 1. The van der Waals surface area contributed by atoms with Gasteiger partial charge < -0.3 is 24.8 Å². The number of amides is 6. The number of nitrogens with zero attached hydrogens (tertiary/aromatic N) is 5. The van der Waals surface area contributed by atoms with Crippen LogP contribution in [0.4, 0.5) is 11.4 Å². The van der Waals surface area contributed by atoms with Gasteiger partial charge in [-0.1, -0.05) is 39.3 Å². The Morgan fingerprint density at radius 2 is 1.51 bits per heavy atom. The summed E-state index contributed by atoms with van der Waals surface area (Å²) in [5, 5.41) is 15.0. The number of halogens is 1. The molecule has 14 nitrogen and oxygen atoms in total. The van der Waals surface area contributed by atoms with Crippen molar-refractivity contribution in [2.24, 2.45) is 16.7 Å². The third-order valence-electron chi connectivity index (χ3n) is 12.8. The Hall–Kier alpha value is -5.94. The molecule has 0 bridgehead atoms. The lowest BCUT2D eigenvalue weighted by Gasteiger charge is -2.63. The minimum Gasteiger partial charge on any atom is -0.489 e. The van der Waals surface area contributed by atoms with Gasteiger partial charge in [-0.15, -0.1) is 0 Å². The zero-order valence-electron chi connectivity index (χ0n) is 33.4. The van der Waals surface area contributed by atoms with Gasteiger partial charge in [0.05, 0.1) is 27.6 Å². The lowest BCUT2D eigenvalue weighted by atomic mass is 9.49. The highest BCUT2D eigenvalue weighted by Crippen LogP contribution is 2.55. The second-order valence-electron chi connectivity index (χ2n) is 17.3. The van der Waals surface area contributed by atoms with Crippen LogP contribution in [0.3, 0.4) is 0 Å². The summed E-state index contributed by atoms with van der Waals surface area (Å²) < 4.78 is 6.36. The van der Waals surface area contributed by atoms with Crippen LogP contribution in [-0.2, 0) is 14.4 Å². The van der Waals surface area contributed by atoms with Crippen LogP contribution in [0.15, 0.2) is 60.7 Å². The molecule has 59 heavy (non-hydrogen) atoms. The molecule has 4 fully saturated rings. The predicted octanol–water partition coefficient (Wildman–Crippen LogP) is 4.40. The van der Waals surface area contributed by atoms with Crippen molar-refractivity contribution in [3.63, 3.8) is 0 Å². The number of hydrogen-bond donors (Lipinski definition) is 2. The van der Waals surface area contributed by atoms with Crippen molar-refractivity contribution in [1.29, 1.82) is 5.26 Å². The van der Waals surface area contributed by atoms with Crippen LogP contribution in [0.5, 0.6) is 5.75 Å². The molecule has 2 atom stereocenters. The maximum Gasteiger partial charge on any atom is 0.262 e. The molecule has 1 aliphatic carbocycles. The maximum atomic E-state index is 13.7.